The van der Waals surface area contributed by atoms with Gasteiger partial charge in [-0.3, -0.25) is 0 Å². The Morgan fingerprint density at radius 3 is 1.72 bits per heavy atom. The summed E-state index contributed by atoms with van der Waals surface area (Å²) < 4.78 is 0. The number of rotatable bonds is 2. The molecule has 0 saturated heterocycles. The van der Waals surface area contributed by atoms with Crippen LogP contribution in [0.5, 0.6) is 0 Å². The highest BCUT2D eigenvalue weighted by Crippen LogP contribution is 2.62. The van der Waals surface area contributed by atoms with Crippen LogP contribution in [0.3, 0.4) is 0 Å². The average Bonchev–Trinajstić information content (AvgIpc) is 3.56. The van der Waals surface area contributed by atoms with Crippen LogP contribution in [-0.2, 0) is 5.41 Å². The molecule has 39 heavy (non-hydrogen) atoms. The Bertz CT molecular complexity index is 1780. The molecule has 0 N–H and O–H groups in total. The topological polar surface area (TPSA) is 6.48 Å². The highest BCUT2D eigenvalue weighted by atomic mass is 15.4. The van der Waals surface area contributed by atoms with Crippen molar-refractivity contribution in [1.29, 1.82) is 0 Å². The number of benzene rings is 5. The van der Waals surface area contributed by atoms with Crippen molar-refractivity contribution in [2.45, 2.75) is 25.4 Å². The van der Waals surface area contributed by atoms with Crippen LogP contribution >= 0.6 is 0 Å². The van der Waals surface area contributed by atoms with Crippen molar-refractivity contribution in [2.24, 2.45) is 0 Å². The summed E-state index contributed by atoms with van der Waals surface area (Å²) in [5, 5.41) is 0. The number of para-hydroxylation sites is 1. The van der Waals surface area contributed by atoms with Gasteiger partial charge < -0.3 is 9.80 Å². The molecule has 0 aromatic heterocycles. The fourth-order valence-electron chi connectivity index (χ4n) is 7.38. The van der Waals surface area contributed by atoms with Crippen molar-refractivity contribution in [2.75, 3.05) is 11.9 Å². The Morgan fingerprint density at radius 1 is 0.590 bits per heavy atom. The van der Waals surface area contributed by atoms with Crippen molar-refractivity contribution in [1.82, 2.24) is 4.90 Å². The van der Waals surface area contributed by atoms with Crippen LogP contribution in [0.15, 0.2) is 121 Å². The molecule has 0 saturated carbocycles. The van der Waals surface area contributed by atoms with E-state index in [4.69, 9.17) is 0 Å². The van der Waals surface area contributed by atoms with E-state index in [0.29, 0.717) is 0 Å². The van der Waals surface area contributed by atoms with Gasteiger partial charge in [0.25, 0.3) is 0 Å². The van der Waals surface area contributed by atoms with Gasteiger partial charge in [-0.05, 0) is 76.1 Å². The second-order valence-electron chi connectivity index (χ2n) is 11.1. The van der Waals surface area contributed by atoms with E-state index >= 15 is 0 Å². The van der Waals surface area contributed by atoms with Crippen molar-refractivity contribution < 1.29 is 0 Å². The first kappa shape index (κ1) is 22.4. The Morgan fingerprint density at radius 2 is 1.10 bits per heavy atom. The fraction of sp³-hybridized carbons (Fsp3) is 0.135. The summed E-state index contributed by atoms with van der Waals surface area (Å²) in [6.45, 7) is 4.48. The van der Waals surface area contributed by atoms with Gasteiger partial charge in [0.15, 0.2) is 0 Å². The number of nitrogens with zero attached hydrogens (tertiary/aromatic N) is 2. The van der Waals surface area contributed by atoms with Gasteiger partial charge in [-0.15, -0.1) is 0 Å². The molecule has 8 rings (SSSR count). The smallest absolute Gasteiger partial charge is 0.103 e. The van der Waals surface area contributed by atoms with Crippen LogP contribution in [0.1, 0.15) is 40.3 Å². The molecule has 1 spiro atoms. The highest BCUT2D eigenvalue weighted by molar-refractivity contribution is 5.96. The second-order valence-corrected chi connectivity index (χ2v) is 11.1. The second kappa shape index (κ2) is 7.97. The van der Waals surface area contributed by atoms with Gasteiger partial charge in [0.05, 0.1) is 11.1 Å². The van der Waals surface area contributed by atoms with Crippen molar-refractivity contribution in [3.05, 3.63) is 155 Å². The molecule has 3 aliphatic rings. The van der Waals surface area contributed by atoms with Crippen LogP contribution in [-0.4, -0.2) is 18.1 Å². The van der Waals surface area contributed by atoms with Crippen molar-refractivity contribution in [3.63, 3.8) is 0 Å². The molecule has 1 heterocycles. The maximum absolute atomic E-state index is 2.48. The first-order chi connectivity index (χ1) is 19.1. The van der Waals surface area contributed by atoms with E-state index < -0.39 is 0 Å². The summed E-state index contributed by atoms with van der Waals surface area (Å²) in [7, 11) is 2.17. The van der Waals surface area contributed by atoms with Crippen molar-refractivity contribution in [3.8, 4) is 22.3 Å². The lowest BCUT2D eigenvalue weighted by molar-refractivity contribution is 0.383. The SMILES string of the molecule is Cc1ccccc1N1C(c2ccc3c(c2)-c2ccccc2C32c3ccccc3-c3ccccc32)=CN(C)C1C. The Labute approximate surface area is 230 Å². The minimum Gasteiger partial charge on any atom is -0.358 e. The van der Waals surface area contributed by atoms with Gasteiger partial charge in [0.1, 0.15) is 6.17 Å². The van der Waals surface area contributed by atoms with E-state index in [2.05, 4.69) is 152 Å². The predicted octanol–water partition coefficient (Wildman–Crippen LogP) is 8.43. The summed E-state index contributed by atoms with van der Waals surface area (Å²) in [5.74, 6) is 0. The van der Waals surface area contributed by atoms with Crippen LogP contribution in [0.4, 0.5) is 5.69 Å². The molecule has 2 nitrogen and oxygen atoms in total. The quantitative estimate of drug-likeness (QED) is 0.234. The van der Waals surface area contributed by atoms with Crippen molar-refractivity contribution >= 4 is 11.4 Å². The standard InChI is InChI=1S/C37H30N2/c1-24-12-4-11-19-35(24)39-25(2)38(3)23-36(39)26-20-21-34-30(22-26)29-15-7-10-18-33(29)37(34)31-16-8-5-13-27(31)28-14-6-9-17-32(28)37/h4-23,25H,1-3H3. The molecule has 1 atom stereocenters. The normalized spacial score (nSPS) is 17.6. The lowest BCUT2D eigenvalue weighted by atomic mass is 9.70. The van der Waals surface area contributed by atoms with Gasteiger partial charge in [-0.25, -0.2) is 0 Å². The minimum atomic E-state index is -0.290. The molecule has 5 aromatic carbocycles. The lowest BCUT2D eigenvalue weighted by Gasteiger charge is -2.32. The monoisotopic (exact) mass is 502 g/mol. The van der Waals surface area contributed by atoms with Crippen LogP contribution in [0.2, 0.25) is 0 Å². The van der Waals surface area contributed by atoms with Gasteiger partial charge in [0, 0.05) is 24.5 Å². The van der Waals surface area contributed by atoms with Crippen LogP contribution in [0, 0.1) is 6.92 Å². The summed E-state index contributed by atoms with van der Waals surface area (Å²) in [4.78, 5) is 4.79. The average molecular weight is 503 g/mol. The zero-order valence-electron chi connectivity index (χ0n) is 22.5. The molecule has 0 bridgehead atoms. The molecule has 1 aliphatic heterocycles. The van der Waals surface area contributed by atoms with E-state index in [1.807, 2.05) is 0 Å². The Hall–Kier alpha value is -4.56. The summed E-state index contributed by atoms with van der Waals surface area (Å²) in [5.41, 5.74) is 15.7. The maximum Gasteiger partial charge on any atom is 0.103 e. The first-order valence-electron chi connectivity index (χ1n) is 13.8. The summed E-state index contributed by atoms with van der Waals surface area (Å²) in [6, 6.07) is 42.9. The van der Waals surface area contributed by atoms with Gasteiger partial charge in [0.2, 0.25) is 0 Å². The molecule has 0 fully saturated rings. The molecule has 0 radical (unpaired) electrons. The van der Waals surface area contributed by atoms with E-state index in [1.165, 1.54) is 67.0 Å². The van der Waals surface area contributed by atoms with E-state index in [1.54, 1.807) is 0 Å². The Balaban J connectivity index is 1.38. The molecule has 2 aliphatic carbocycles. The molecule has 0 amide bonds. The molecular weight excluding hydrogens is 472 g/mol. The van der Waals surface area contributed by atoms with Crippen LogP contribution in [0.25, 0.3) is 28.0 Å². The van der Waals surface area contributed by atoms with Gasteiger partial charge in [-0.1, -0.05) is 103 Å². The molecule has 1 unspecified atom stereocenters. The predicted molar refractivity (Wildman–Crippen MR) is 162 cm³/mol. The van der Waals surface area contributed by atoms with E-state index in [-0.39, 0.29) is 11.6 Å². The number of aryl methyl sites for hydroxylation is 1. The molecular formula is C37H30N2. The van der Waals surface area contributed by atoms with Crippen LogP contribution < -0.4 is 4.90 Å². The third-order valence-electron chi connectivity index (χ3n) is 9.22. The molecule has 2 heteroatoms. The third-order valence-corrected chi connectivity index (χ3v) is 9.22. The highest BCUT2D eigenvalue weighted by Gasteiger charge is 2.51. The zero-order valence-corrected chi connectivity index (χ0v) is 22.5. The van der Waals surface area contributed by atoms with Gasteiger partial charge in [-0.2, -0.15) is 0 Å². The summed E-state index contributed by atoms with van der Waals surface area (Å²) in [6.07, 6.45) is 2.54. The number of anilines is 1. The first-order valence-corrected chi connectivity index (χ1v) is 13.8. The zero-order chi connectivity index (χ0) is 26.3. The third kappa shape index (κ3) is 2.81. The molecule has 5 aromatic rings. The van der Waals surface area contributed by atoms with E-state index in [0.717, 1.165) is 0 Å². The number of hydrogen-bond acceptors (Lipinski definition) is 2. The minimum absolute atomic E-state index is 0.238. The maximum atomic E-state index is 2.48. The number of fused-ring (bicyclic) bond motifs is 10. The Kier molecular flexibility index (Phi) is 4.58. The summed E-state index contributed by atoms with van der Waals surface area (Å²) >= 11 is 0. The van der Waals surface area contributed by atoms with Gasteiger partial charge >= 0.3 is 0 Å². The van der Waals surface area contributed by atoms with E-state index in [9.17, 15) is 0 Å². The number of hydrogen-bond donors (Lipinski definition) is 0. The lowest BCUT2D eigenvalue weighted by Crippen LogP contribution is -2.35. The fourth-order valence-corrected chi connectivity index (χ4v) is 7.38. The molecule has 188 valence electrons. The largest absolute Gasteiger partial charge is 0.358 e.